The number of nitrogens with zero attached hydrogens (tertiary/aromatic N) is 5. The van der Waals surface area contributed by atoms with Crippen molar-refractivity contribution in [2.24, 2.45) is 0 Å². The second-order valence-electron chi connectivity index (χ2n) is 8.87. The number of carbonyl (C=O) groups excluding carboxylic acids is 1. The van der Waals surface area contributed by atoms with Crippen LogP contribution < -0.4 is 20.4 Å². The summed E-state index contributed by atoms with van der Waals surface area (Å²) in [5.41, 5.74) is 6.36. The Morgan fingerprint density at radius 3 is 2.50 bits per heavy atom. The molecule has 34 heavy (non-hydrogen) atoms. The van der Waals surface area contributed by atoms with Crippen LogP contribution in [-0.4, -0.2) is 67.2 Å². The maximum absolute atomic E-state index is 12.9. The molecule has 5 rings (SSSR count). The second kappa shape index (κ2) is 8.91. The molecule has 0 spiro atoms. The number of para-hydroxylation sites is 1. The molecule has 2 aromatic carbocycles. The molecule has 2 amide bonds. The third kappa shape index (κ3) is 4.14. The monoisotopic (exact) mass is 453 g/mol. The van der Waals surface area contributed by atoms with Gasteiger partial charge in [0.2, 0.25) is 0 Å². The van der Waals surface area contributed by atoms with E-state index in [-0.39, 0.29) is 6.03 Å². The number of fused-ring (bicyclic) bond motifs is 1. The number of rotatable bonds is 4. The van der Waals surface area contributed by atoms with Crippen LogP contribution in [0.4, 0.5) is 33.6 Å². The van der Waals surface area contributed by atoms with Crippen molar-refractivity contribution >= 4 is 47.9 Å². The molecule has 0 saturated carbocycles. The van der Waals surface area contributed by atoms with Crippen LogP contribution >= 0.6 is 0 Å². The molecule has 1 saturated heterocycles. The predicted molar refractivity (Wildman–Crippen MR) is 140 cm³/mol. The Balaban J connectivity index is 1.35. The number of likely N-dealkylation sites (N-methyl/N-ethyl adjacent to an activating group) is 1. The van der Waals surface area contributed by atoms with Gasteiger partial charge in [0.15, 0.2) is 0 Å². The number of hydrogen-bond donors (Lipinski definition) is 2. The number of aromatic nitrogens is 2. The quantitative estimate of drug-likeness (QED) is 0.592. The van der Waals surface area contributed by atoms with Crippen LogP contribution in [0.2, 0.25) is 0 Å². The van der Waals surface area contributed by atoms with E-state index in [1.54, 1.807) is 11.1 Å². The van der Waals surface area contributed by atoms with Gasteiger partial charge in [-0.2, -0.15) is 0 Å². The molecule has 2 aliphatic rings. The van der Waals surface area contributed by atoms with E-state index in [1.807, 2.05) is 37.3 Å². The van der Waals surface area contributed by atoms with E-state index in [4.69, 9.17) is 0 Å². The van der Waals surface area contributed by atoms with Crippen molar-refractivity contribution in [3.63, 3.8) is 0 Å². The molecule has 3 aromatic rings. The van der Waals surface area contributed by atoms with Gasteiger partial charge in [-0.1, -0.05) is 0 Å². The van der Waals surface area contributed by atoms with Gasteiger partial charge in [0.25, 0.3) is 0 Å². The van der Waals surface area contributed by atoms with Crippen LogP contribution in [-0.2, 0) is 0 Å². The third-order valence-electron chi connectivity index (χ3n) is 6.45. The van der Waals surface area contributed by atoms with Gasteiger partial charge in [0.1, 0.15) is 0 Å². The Morgan fingerprint density at radius 1 is 1.00 bits per heavy atom. The molecule has 9 heteroatoms. The van der Waals surface area contributed by atoms with E-state index in [1.165, 1.54) is 11.3 Å². The molecule has 2 aliphatic heterocycles. The number of aryl methyl sites for hydroxylation is 2. The number of benzene rings is 2. The molecule has 0 unspecified atom stereocenters. The summed E-state index contributed by atoms with van der Waals surface area (Å²) in [5, 5.41) is 6.15. The van der Waals surface area contributed by atoms with Crippen molar-refractivity contribution in [3.8, 4) is 0 Å². The van der Waals surface area contributed by atoms with Gasteiger partial charge >= 0.3 is 175 Å². The SMILES string of the molecule is B=C1c2cnc(Nc3ccc(N4CCN(C)CC4)c(C)c3)nc2NC(=O)N1c1ccccc1C. The van der Waals surface area contributed by atoms with Crippen molar-refractivity contribution in [1.29, 1.82) is 0 Å². The van der Waals surface area contributed by atoms with Gasteiger partial charge in [0.05, 0.1) is 0 Å². The van der Waals surface area contributed by atoms with Crippen LogP contribution in [0.5, 0.6) is 0 Å². The Bertz CT molecular complexity index is 1270. The molecule has 1 fully saturated rings. The molecule has 1 aromatic heterocycles. The van der Waals surface area contributed by atoms with Crippen LogP contribution in [0.15, 0.2) is 48.7 Å². The average Bonchev–Trinajstić information content (AvgIpc) is 2.81. The van der Waals surface area contributed by atoms with Gasteiger partial charge in [0, 0.05) is 13.1 Å². The molecule has 0 bridgehead atoms. The number of amides is 2. The first-order valence-electron chi connectivity index (χ1n) is 11.4. The number of urea groups is 1. The maximum atomic E-state index is 12.9. The molecule has 0 aliphatic carbocycles. The summed E-state index contributed by atoms with van der Waals surface area (Å²) >= 11 is 0. The fourth-order valence-electron chi connectivity index (χ4n) is 4.48. The average molecular weight is 453 g/mol. The number of piperazine rings is 1. The number of anilines is 5. The van der Waals surface area contributed by atoms with E-state index in [0.29, 0.717) is 22.9 Å². The van der Waals surface area contributed by atoms with Gasteiger partial charge in [-0.05, 0) is 7.05 Å². The van der Waals surface area contributed by atoms with E-state index < -0.39 is 0 Å². The standard InChI is InChI=1S/C25H28BN7O/c1-16-6-4-5-7-21(16)33-22(26)19-15-27-24(29-23(19)30-25(33)34)28-18-8-9-20(17(2)14-18)32-12-10-31(3)11-13-32/h4-9,14-15,26H,10-13H2,1-3H3,(H2,27,28,29,30,34). The first-order valence-corrected chi connectivity index (χ1v) is 11.4. The normalized spacial score (nSPS) is 16.3. The zero-order chi connectivity index (χ0) is 23.8. The molecule has 172 valence electrons. The first kappa shape index (κ1) is 22.1. The van der Waals surface area contributed by atoms with E-state index in [0.717, 1.165) is 43.1 Å². The summed E-state index contributed by atoms with van der Waals surface area (Å²) in [4.78, 5) is 28.3. The first-order chi connectivity index (χ1) is 16.4. The van der Waals surface area contributed by atoms with Crippen LogP contribution in [0, 0.1) is 13.8 Å². The summed E-state index contributed by atoms with van der Waals surface area (Å²) in [6, 6.07) is 13.7. The van der Waals surface area contributed by atoms with Crippen molar-refractivity contribution in [2.45, 2.75) is 13.8 Å². The molecule has 8 nitrogen and oxygen atoms in total. The predicted octanol–water partition coefficient (Wildman–Crippen LogP) is 3.02. The second-order valence-corrected chi connectivity index (χ2v) is 8.87. The Morgan fingerprint density at radius 2 is 1.76 bits per heavy atom. The van der Waals surface area contributed by atoms with E-state index >= 15 is 0 Å². The Kier molecular flexibility index (Phi) is 5.79. The molecular formula is C25H28BN7O. The minimum atomic E-state index is -0.288. The molecule has 0 atom stereocenters. The van der Waals surface area contributed by atoms with Crippen LogP contribution in [0.1, 0.15) is 16.7 Å². The summed E-state index contributed by atoms with van der Waals surface area (Å²) in [7, 11) is 6.31. The topological polar surface area (TPSA) is 76.6 Å². The minimum absolute atomic E-state index is 0.288. The third-order valence-corrected chi connectivity index (χ3v) is 6.45. The van der Waals surface area contributed by atoms with Gasteiger partial charge in [-0.15, -0.1) is 0 Å². The zero-order valence-corrected chi connectivity index (χ0v) is 19.8. The molecular weight excluding hydrogens is 425 g/mol. The van der Waals surface area contributed by atoms with Gasteiger partial charge in [-0.25, -0.2) is 0 Å². The number of nitrogens with one attached hydrogen (secondary N) is 2. The summed E-state index contributed by atoms with van der Waals surface area (Å²) < 4.78 is 0. The van der Waals surface area contributed by atoms with E-state index in [2.05, 4.69) is 64.0 Å². The van der Waals surface area contributed by atoms with Crippen molar-refractivity contribution in [2.75, 3.05) is 53.7 Å². The summed E-state index contributed by atoms with van der Waals surface area (Å²) in [6.45, 7) is 8.28. The van der Waals surface area contributed by atoms with Crippen molar-refractivity contribution < 1.29 is 4.79 Å². The summed E-state index contributed by atoms with van der Waals surface area (Å²) in [6.07, 6.45) is 1.70. The van der Waals surface area contributed by atoms with Crippen LogP contribution in [0.3, 0.4) is 0 Å². The number of carbonyl (C=O) groups is 1. The Hall–Kier alpha value is -3.72. The molecule has 2 N–H and O–H groups in total. The van der Waals surface area contributed by atoms with Crippen LogP contribution in [0.25, 0.3) is 0 Å². The molecule has 3 heterocycles. The molecule has 0 radical (unpaired) electrons. The van der Waals surface area contributed by atoms with Gasteiger partial charge in [-0.3, -0.25) is 0 Å². The zero-order valence-electron chi connectivity index (χ0n) is 19.8. The number of hydrogen-bond acceptors (Lipinski definition) is 6. The fourth-order valence-corrected chi connectivity index (χ4v) is 4.48. The van der Waals surface area contributed by atoms with E-state index in [9.17, 15) is 4.79 Å². The fraction of sp³-hybridized carbons (Fsp3) is 0.280. The van der Waals surface area contributed by atoms with Gasteiger partial charge < -0.3 is 4.90 Å². The van der Waals surface area contributed by atoms with Crippen molar-refractivity contribution in [3.05, 3.63) is 65.4 Å². The summed E-state index contributed by atoms with van der Waals surface area (Å²) in [5.74, 6) is 0.867. The Labute approximate surface area is 200 Å². The van der Waals surface area contributed by atoms with Crippen molar-refractivity contribution in [1.82, 2.24) is 14.9 Å².